The molecular formula is C56H36N4. The van der Waals surface area contributed by atoms with Gasteiger partial charge in [-0.3, -0.25) is 9.56 Å². The Morgan fingerprint density at radius 3 is 1.48 bits per heavy atom. The van der Waals surface area contributed by atoms with Gasteiger partial charge in [-0.05, 0) is 110 Å². The molecule has 60 heavy (non-hydrogen) atoms. The van der Waals surface area contributed by atoms with Crippen LogP contribution in [0.4, 0.5) is 0 Å². The number of aromatic nitrogens is 2. The van der Waals surface area contributed by atoms with Crippen molar-refractivity contribution in [2.45, 2.75) is 6.17 Å². The molecule has 2 aromatic heterocycles. The maximum atomic E-state index is 5.15. The Balaban J connectivity index is 0.983. The van der Waals surface area contributed by atoms with Gasteiger partial charge in [-0.15, -0.1) is 0 Å². The molecule has 1 atom stereocenters. The van der Waals surface area contributed by atoms with Crippen molar-refractivity contribution in [1.82, 2.24) is 14.5 Å². The topological polar surface area (TPSA) is 34.2 Å². The second-order valence-corrected chi connectivity index (χ2v) is 15.9. The van der Waals surface area contributed by atoms with Crippen molar-refractivity contribution in [2.24, 2.45) is 4.99 Å². The normalized spacial score (nSPS) is 14.1. The molecule has 280 valence electrons. The average Bonchev–Trinajstić information content (AvgIpc) is 3.83. The lowest BCUT2D eigenvalue weighted by atomic mass is 9.94. The largest absolute Gasteiger partial charge is 0.345 e. The van der Waals surface area contributed by atoms with Crippen molar-refractivity contribution in [2.75, 3.05) is 0 Å². The lowest BCUT2D eigenvalue weighted by molar-refractivity contribution is 0.617. The molecule has 4 heteroatoms. The minimum Gasteiger partial charge on any atom is -0.345 e. The number of nitrogens with zero attached hydrogens (tertiary/aromatic N) is 3. The number of nitrogens with one attached hydrogen (secondary N) is 1. The lowest BCUT2D eigenvalue weighted by Crippen LogP contribution is -2.41. The summed E-state index contributed by atoms with van der Waals surface area (Å²) in [5.74, 6) is 1.04. The van der Waals surface area contributed by atoms with Crippen molar-refractivity contribution >= 4 is 81.8 Å². The number of para-hydroxylation sites is 3. The molecule has 1 unspecified atom stereocenters. The molecule has 1 aliphatic heterocycles. The zero-order valence-corrected chi connectivity index (χ0v) is 32.5. The highest BCUT2D eigenvalue weighted by Gasteiger charge is 2.22. The van der Waals surface area contributed by atoms with Crippen molar-refractivity contribution in [1.29, 1.82) is 0 Å². The highest BCUT2D eigenvalue weighted by molar-refractivity contribution is 6.25. The molecule has 0 saturated carbocycles. The van der Waals surface area contributed by atoms with Crippen LogP contribution in [-0.2, 0) is 0 Å². The summed E-state index contributed by atoms with van der Waals surface area (Å²) in [6.45, 7) is 0. The third-order valence-electron chi connectivity index (χ3n) is 12.7. The molecule has 0 bridgehead atoms. The van der Waals surface area contributed by atoms with E-state index >= 15 is 0 Å². The van der Waals surface area contributed by atoms with Crippen molar-refractivity contribution in [3.63, 3.8) is 0 Å². The summed E-state index contributed by atoms with van der Waals surface area (Å²) in [6, 6.07) is 75.1. The fraction of sp³-hybridized carbons (Fsp3) is 0.0179. The molecule has 10 aromatic carbocycles. The molecule has 0 aliphatic carbocycles. The van der Waals surface area contributed by atoms with Crippen LogP contribution in [0.5, 0.6) is 0 Å². The summed E-state index contributed by atoms with van der Waals surface area (Å²) in [5.41, 5.74) is 9.37. The van der Waals surface area contributed by atoms with Gasteiger partial charge in [-0.1, -0.05) is 146 Å². The Morgan fingerprint density at radius 2 is 0.833 bits per heavy atom. The minimum absolute atomic E-state index is 0.200. The van der Waals surface area contributed by atoms with Gasteiger partial charge in [0.2, 0.25) is 0 Å². The quantitative estimate of drug-likeness (QED) is 0.178. The Hall–Kier alpha value is -7.95. The molecule has 12 aromatic rings. The smallest absolute Gasteiger partial charge is 0.146 e. The number of fused-ring (bicyclic) bond motifs is 13. The van der Waals surface area contributed by atoms with Gasteiger partial charge in [0, 0.05) is 32.5 Å². The van der Waals surface area contributed by atoms with Gasteiger partial charge in [0.1, 0.15) is 12.0 Å². The monoisotopic (exact) mass is 764 g/mol. The Kier molecular flexibility index (Phi) is 7.04. The van der Waals surface area contributed by atoms with E-state index in [2.05, 4.69) is 221 Å². The number of hydrogen-bond donors (Lipinski definition) is 1. The van der Waals surface area contributed by atoms with E-state index in [0.29, 0.717) is 0 Å². The van der Waals surface area contributed by atoms with Gasteiger partial charge in [-0.25, -0.2) is 0 Å². The van der Waals surface area contributed by atoms with E-state index in [-0.39, 0.29) is 6.17 Å². The first kappa shape index (κ1) is 33.1. The molecule has 3 heterocycles. The number of hydrogen-bond acceptors (Lipinski definition) is 2. The zero-order valence-electron chi connectivity index (χ0n) is 32.5. The summed E-state index contributed by atoms with van der Waals surface area (Å²) < 4.78 is 4.83. The summed E-state index contributed by atoms with van der Waals surface area (Å²) in [5, 5.41) is 18.5. The van der Waals surface area contributed by atoms with Gasteiger partial charge in [0.15, 0.2) is 0 Å². The van der Waals surface area contributed by atoms with E-state index in [9.17, 15) is 0 Å². The molecule has 1 N–H and O–H groups in total. The van der Waals surface area contributed by atoms with Gasteiger partial charge >= 0.3 is 0 Å². The second kappa shape index (κ2) is 12.8. The Labute approximate surface area is 345 Å². The van der Waals surface area contributed by atoms with E-state index in [1.54, 1.807) is 0 Å². The molecular weight excluding hydrogens is 729 g/mol. The Bertz CT molecular complexity index is 3840. The fourth-order valence-corrected chi connectivity index (χ4v) is 10.0. The molecule has 0 spiro atoms. The summed E-state index contributed by atoms with van der Waals surface area (Å²) in [6.07, 6.45) is -0.200. The van der Waals surface area contributed by atoms with Crippen LogP contribution in [0.25, 0.3) is 98.6 Å². The fourth-order valence-electron chi connectivity index (χ4n) is 10.0. The van der Waals surface area contributed by atoms with E-state index in [4.69, 9.17) is 4.99 Å². The second-order valence-electron chi connectivity index (χ2n) is 15.9. The minimum atomic E-state index is -0.200. The Morgan fingerprint density at radius 1 is 0.350 bits per heavy atom. The van der Waals surface area contributed by atoms with Crippen molar-refractivity contribution in [3.8, 4) is 16.8 Å². The zero-order chi connectivity index (χ0) is 39.3. The van der Waals surface area contributed by atoms with E-state index in [1.807, 2.05) is 0 Å². The van der Waals surface area contributed by atoms with Crippen LogP contribution in [0, 0.1) is 0 Å². The highest BCUT2D eigenvalue weighted by atomic mass is 15.2. The average molecular weight is 765 g/mol. The van der Waals surface area contributed by atoms with Crippen molar-refractivity contribution < 1.29 is 0 Å². The van der Waals surface area contributed by atoms with Gasteiger partial charge < -0.3 is 9.88 Å². The van der Waals surface area contributed by atoms with Gasteiger partial charge in [0.25, 0.3) is 0 Å². The summed E-state index contributed by atoms with van der Waals surface area (Å²) in [7, 11) is 0. The maximum Gasteiger partial charge on any atom is 0.146 e. The van der Waals surface area contributed by atoms with Crippen LogP contribution in [0.1, 0.15) is 11.7 Å². The number of benzene rings is 10. The molecule has 0 radical (unpaired) electrons. The molecule has 13 rings (SSSR count). The van der Waals surface area contributed by atoms with Crippen LogP contribution in [0.15, 0.2) is 211 Å². The maximum absolute atomic E-state index is 5.15. The van der Waals surface area contributed by atoms with Gasteiger partial charge in [-0.2, -0.15) is 0 Å². The molecule has 0 saturated heterocycles. The van der Waals surface area contributed by atoms with Crippen LogP contribution < -0.4 is 15.9 Å². The predicted molar refractivity (Wildman–Crippen MR) is 250 cm³/mol. The SMILES string of the molecule is c1ccc(C2N=c3ccccc3=C(n3c4ccccc4c4cc(-c5ccc6c(c5)c5ccccc5n6-c5ccc6c7ccccc7c7ccccc7c6c5)ccc43)N2)cc1. The third-order valence-corrected chi connectivity index (χ3v) is 12.7. The van der Waals surface area contributed by atoms with Crippen LogP contribution >= 0.6 is 0 Å². The molecule has 4 nitrogen and oxygen atoms in total. The first-order valence-corrected chi connectivity index (χ1v) is 20.7. The van der Waals surface area contributed by atoms with Crippen LogP contribution in [-0.4, -0.2) is 9.13 Å². The van der Waals surface area contributed by atoms with Crippen LogP contribution in [0.3, 0.4) is 0 Å². The summed E-state index contributed by atoms with van der Waals surface area (Å²) in [4.78, 5) is 5.15. The summed E-state index contributed by atoms with van der Waals surface area (Å²) >= 11 is 0. The third kappa shape index (κ3) is 4.82. The molecule has 0 fully saturated rings. The first-order valence-electron chi connectivity index (χ1n) is 20.7. The standard InChI is InChI=1S/C56H36N4/c1-2-14-35(15-3-1)55-57-50-23-11-8-22-46(50)56(58-55)60-52-25-13-10-21-45(52)49-33-37(27-31-54(49)60)36-26-30-53-48(32-36)44-20-9-12-24-51(44)59(53)38-28-29-43-41-18-5-4-16-39(41)40-17-6-7-19-42(40)47(43)34-38/h1-34,55,58H. The lowest BCUT2D eigenvalue weighted by Gasteiger charge is -2.24. The first-order chi connectivity index (χ1) is 29.8. The predicted octanol–water partition coefficient (Wildman–Crippen LogP) is 12.6. The highest BCUT2D eigenvalue weighted by Crippen LogP contribution is 2.40. The molecule has 1 aliphatic rings. The molecule has 0 amide bonds. The van der Waals surface area contributed by atoms with E-state index in [1.165, 1.54) is 76.0 Å². The van der Waals surface area contributed by atoms with Gasteiger partial charge in [0.05, 0.1) is 27.4 Å². The van der Waals surface area contributed by atoms with E-state index < -0.39 is 0 Å². The van der Waals surface area contributed by atoms with Crippen LogP contribution in [0.2, 0.25) is 0 Å². The van der Waals surface area contributed by atoms with E-state index in [0.717, 1.165) is 38.7 Å². The number of rotatable bonds is 4. The van der Waals surface area contributed by atoms with Crippen molar-refractivity contribution in [3.05, 3.63) is 222 Å².